The number of aliphatic carboxylic acids is 1. The number of amides is 1. The first-order valence-electron chi connectivity index (χ1n) is 8.80. The predicted octanol–water partition coefficient (Wildman–Crippen LogP) is 2.75. The number of halogens is 1. The third-order valence-electron chi connectivity index (χ3n) is 5.50. The summed E-state index contributed by atoms with van der Waals surface area (Å²) in [5.41, 5.74) is 0. The lowest BCUT2D eigenvalue weighted by molar-refractivity contribution is -0.146. The van der Waals surface area contributed by atoms with E-state index in [2.05, 4.69) is 0 Å². The molecule has 6 nitrogen and oxygen atoms in total. The van der Waals surface area contributed by atoms with Crippen LogP contribution >= 0.6 is 11.6 Å². The van der Waals surface area contributed by atoms with Gasteiger partial charge in [0.25, 0.3) is 0 Å². The minimum absolute atomic E-state index is 0.0755. The average molecular weight is 400 g/mol. The lowest BCUT2D eigenvalue weighted by Crippen LogP contribution is -2.55. The maximum absolute atomic E-state index is 13.4. The van der Waals surface area contributed by atoms with E-state index in [9.17, 15) is 23.1 Å². The fraction of sp³-hybridized carbons (Fsp3) is 0.556. The van der Waals surface area contributed by atoms with Gasteiger partial charge >= 0.3 is 5.97 Å². The number of carboxylic acids is 1. The molecule has 142 valence electrons. The second kappa shape index (κ2) is 7.19. The molecule has 1 aliphatic carbocycles. The molecular weight excluding hydrogens is 378 g/mol. The van der Waals surface area contributed by atoms with Gasteiger partial charge in [-0.05, 0) is 49.9 Å². The number of hydrogen-bond acceptors (Lipinski definition) is 4. The second-order valence-corrected chi connectivity index (χ2v) is 9.78. The van der Waals surface area contributed by atoms with Crippen LogP contribution in [-0.2, 0) is 19.4 Å². The van der Waals surface area contributed by atoms with E-state index >= 15 is 0 Å². The van der Waals surface area contributed by atoms with Gasteiger partial charge in [-0.15, -0.1) is 0 Å². The monoisotopic (exact) mass is 399 g/mol. The summed E-state index contributed by atoms with van der Waals surface area (Å²) in [7, 11) is -3.90. The molecule has 0 radical (unpaired) electrons. The van der Waals surface area contributed by atoms with Gasteiger partial charge in [-0.3, -0.25) is 9.59 Å². The van der Waals surface area contributed by atoms with E-state index in [0.717, 1.165) is 0 Å². The van der Waals surface area contributed by atoms with Gasteiger partial charge in [-0.1, -0.05) is 24.4 Å². The highest BCUT2D eigenvalue weighted by Gasteiger charge is 2.54. The van der Waals surface area contributed by atoms with Gasteiger partial charge in [0.05, 0.1) is 10.8 Å². The first-order chi connectivity index (χ1) is 12.3. The second-order valence-electron chi connectivity index (χ2n) is 7.09. The van der Waals surface area contributed by atoms with E-state index < -0.39 is 32.4 Å². The van der Waals surface area contributed by atoms with Gasteiger partial charge in [-0.25, -0.2) is 8.42 Å². The van der Waals surface area contributed by atoms with E-state index in [1.807, 2.05) is 0 Å². The third-order valence-corrected chi connectivity index (χ3v) is 8.25. The summed E-state index contributed by atoms with van der Waals surface area (Å²) >= 11 is 5.86. The number of piperidine rings is 1. The van der Waals surface area contributed by atoms with Crippen molar-refractivity contribution in [1.29, 1.82) is 0 Å². The first-order valence-corrected chi connectivity index (χ1v) is 10.7. The van der Waals surface area contributed by atoms with Gasteiger partial charge in [0, 0.05) is 18.1 Å². The smallest absolute Gasteiger partial charge is 0.308 e. The van der Waals surface area contributed by atoms with Crippen molar-refractivity contribution < 1.29 is 23.1 Å². The van der Waals surface area contributed by atoms with Crippen LogP contribution in [0.1, 0.15) is 38.5 Å². The Bertz CT molecular complexity index is 799. The average Bonchev–Trinajstić information content (AvgIpc) is 3.13. The molecule has 1 saturated carbocycles. The Balaban J connectivity index is 1.96. The Labute approximate surface area is 158 Å². The lowest BCUT2D eigenvalue weighted by Gasteiger charge is -2.37. The van der Waals surface area contributed by atoms with E-state index in [1.54, 1.807) is 0 Å². The minimum atomic E-state index is -3.90. The van der Waals surface area contributed by atoms with E-state index in [-0.39, 0.29) is 24.3 Å². The highest BCUT2D eigenvalue weighted by atomic mass is 35.5. The van der Waals surface area contributed by atoms with Crippen LogP contribution in [0.25, 0.3) is 0 Å². The van der Waals surface area contributed by atoms with Crippen LogP contribution in [0.2, 0.25) is 5.02 Å². The molecule has 0 unspecified atom stereocenters. The highest BCUT2D eigenvalue weighted by Crippen LogP contribution is 2.42. The van der Waals surface area contributed by atoms with Crippen LogP contribution in [0.15, 0.2) is 29.2 Å². The first kappa shape index (κ1) is 19.2. The summed E-state index contributed by atoms with van der Waals surface area (Å²) in [5, 5.41) is 9.69. The normalized spacial score (nSPS) is 23.0. The van der Waals surface area contributed by atoms with Crippen LogP contribution < -0.4 is 0 Å². The molecule has 0 spiro atoms. The fourth-order valence-electron chi connectivity index (χ4n) is 4.03. The zero-order chi connectivity index (χ0) is 18.9. The number of rotatable bonds is 4. The molecule has 1 amide bonds. The predicted molar refractivity (Wildman–Crippen MR) is 96.8 cm³/mol. The molecule has 8 heteroatoms. The molecule has 1 heterocycles. The number of hydrogen-bond donors (Lipinski definition) is 1. The Morgan fingerprint density at radius 2 is 1.73 bits per heavy atom. The lowest BCUT2D eigenvalue weighted by atomic mass is 9.96. The van der Waals surface area contributed by atoms with Crippen LogP contribution in [-0.4, -0.2) is 48.1 Å². The molecule has 2 fully saturated rings. The summed E-state index contributed by atoms with van der Waals surface area (Å²) in [5.74, 6) is -2.02. The molecular formula is C18H22ClNO5S. The molecule has 1 aromatic rings. The number of likely N-dealkylation sites (tertiary alicyclic amines) is 1. The molecule has 0 bridgehead atoms. The molecule has 1 N–H and O–H groups in total. The minimum Gasteiger partial charge on any atom is -0.481 e. The molecule has 26 heavy (non-hydrogen) atoms. The van der Waals surface area contributed by atoms with Crippen LogP contribution in [0.3, 0.4) is 0 Å². The van der Waals surface area contributed by atoms with Crippen molar-refractivity contribution in [3.8, 4) is 0 Å². The summed E-state index contributed by atoms with van der Waals surface area (Å²) in [6, 6.07) is 5.87. The topological polar surface area (TPSA) is 91.8 Å². The Hall–Kier alpha value is -1.60. The van der Waals surface area contributed by atoms with Gasteiger partial charge < -0.3 is 10.0 Å². The molecule has 1 aliphatic heterocycles. The van der Waals surface area contributed by atoms with Gasteiger partial charge in [0.15, 0.2) is 14.6 Å². The largest absolute Gasteiger partial charge is 0.481 e. The third kappa shape index (κ3) is 3.22. The van der Waals surface area contributed by atoms with Crippen molar-refractivity contribution in [3.63, 3.8) is 0 Å². The SMILES string of the molecule is O=C(O)[C@@H]1CCCN(C(=O)C2(S(=O)(=O)c3ccc(Cl)cc3)CCCC2)C1. The van der Waals surface area contributed by atoms with Gasteiger partial charge in [-0.2, -0.15) is 0 Å². The van der Waals surface area contributed by atoms with Crippen LogP contribution in [0, 0.1) is 5.92 Å². The van der Waals surface area contributed by atoms with Gasteiger partial charge in [0.2, 0.25) is 5.91 Å². The van der Waals surface area contributed by atoms with Gasteiger partial charge in [0.1, 0.15) is 0 Å². The maximum atomic E-state index is 13.4. The van der Waals surface area contributed by atoms with E-state index in [0.29, 0.717) is 37.3 Å². The molecule has 1 atom stereocenters. The highest BCUT2D eigenvalue weighted by molar-refractivity contribution is 7.93. The van der Waals surface area contributed by atoms with Crippen molar-refractivity contribution in [2.45, 2.75) is 48.2 Å². The number of carbonyl (C=O) groups is 2. The number of carbonyl (C=O) groups excluding carboxylic acids is 1. The number of nitrogens with zero attached hydrogens (tertiary/aromatic N) is 1. The van der Waals surface area contributed by atoms with Crippen molar-refractivity contribution in [3.05, 3.63) is 29.3 Å². The zero-order valence-electron chi connectivity index (χ0n) is 14.4. The van der Waals surface area contributed by atoms with E-state index in [4.69, 9.17) is 11.6 Å². The molecule has 2 aliphatic rings. The number of benzene rings is 1. The number of carboxylic acid groups (broad SMARTS) is 1. The summed E-state index contributed by atoms with van der Waals surface area (Å²) in [6.45, 7) is 0.479. The van der Waals surface area contributed by atoms with Crippen molar-refractivity contribution >= 4 is 33.3 Å². The Morgan fingerprint density at radius 1 is 1.12 bits per heavy atom. The van der Waals surface area contributed by atoms with Crippen LogP contribution in [0.4, 0.5) is 0 Å². The Kier molecular flexibility index (Phi) is 5.30. The standard InChI is InChI=1S/C18H22ClNO5S/c19-14-5-7-15(8-6-14)26(24,25)18(9-1-2-10-18)17(23)20-11-3-4-13(12-20)16(21)22/h5-8,13H,1-4,9-12H2,(H,21,22)/t13-/m1/s1. The molecule has 1 aromatic carbocycles. The zero-order valence-corrected chi connectivity index (χ0v) is 15.9. The molecule has 3 rings (SSSR count). The fourth-order valence-corrected chi connectivity index (χ4v) is 6.29. The van der Waals surface area contributed by atoms with Crippen molar-refractivity contribution in [1.82, 2.24) is 4.90 Å². The van der Waals surface area contributed by atoms with Crippen molar-refractivity contribution in [2.24, 2.45) is 5.92 Å². The van der Waals surface area contributed by atoms with E-state index in [1.165, 1.54) is 29.2 Å². The number of sulfone groups is 1. The summed E-state index contributed by atoms with van der Waals surface area (Å²) in [4.78, 5) is 26.1. The van der Waals surface area contributed by atoms with Crippen molar-refractivity contribution in [2.75, 3.05) is 13.1 Å². The maximum Gasteiger partial charge on any atom is 0.308 e. The summed E-state index contributed by atoms with van der Waals surface area (Å²) < 4.78 is 25.2. The molecule has 0 aromatic heterocycles. The molecule has 1 saturated heterocycles. The van der Waals surface area contributed by atoms with Crippen LogP contribution in [0.5, 0.6) is 0 Å². The Morgan fingerprint density at radius 3 is 2.31 bits per heavy atom. The quantitative estimate of drug-likeness (QED) is 0.840. The summed E-state index contributed by atoms with van der Waals surface area (Å²) in [6.07, 6.45) is 2.94.